The molecule has 4 atom stereocenters. The number of hydrogen-bond acceptors (Lipinski definition) is 4. The lowest BCUT2D eigenvalue weighted by Crippen LogP contribution is -2.47. The van der Waals surface area contributed by atoms with E-state index in [2.05, 4.69) is 65.7 Å². The van der Waals surface area contributed by atoms with E-state index in [-0.39, 0.29) is 20.7 Å². The summed E-state index contributed by atoms with van der Waals surface area (Å²) in [6.45, 7) is 12.6. The van der Waals surface area contributed by atoms with Crippen molar-refractivity contribution < 1.29 is 19.1 Å². The highest BCUT2D eigenvalue weighted by Crippen LogP contribution is 2.38. The zero-order valence-electron chi connectivity index (χ0n) is 14.0. The molecule has 22 heavy (non-hydrogen) atoms. The Labute approximate surface area is 151 Å². The molecule has 7 heteroatoms. The molecule has 0 aromatic rings. The molecule has 0 bridgehead atoms. The fourth-order valence-corrected chi connectivity index (χ4v) is 4.05. The largest absolute Gasteiger partial charge is 0.457 e. The van der Waals surface area contributed by atoms with Gasteiger partial charge >= 0.3 is 5.97 Å². The first-order valence-electron chi connectivity index (χ1n) is 7.35. The van der Waals surface area contributed by atoms with E-state index in [0.29, 0.717) is 6.61 Å². The van der Waals surface area contributed by atoms with Gasteiger partial charge < -0.3 is 14.3 Å². The summed E-state index contributed by atoms with van der Waals surface area (Å²) in [6.07, 6.45) is 0.655. The predicted molar refractivity (Wildman–Crippen MR) is 98.2 cm³/mol. The normalized spacial score (nSPS) is 30.0. The van der Waals surface area contributed by atoms with Gasteiger partial charge in [0.05, 0.1) is 22.4 Å². The van der Waals surface area contributed by atoms with Crippen LogP contribution in [0.1, 0.15) is 27.7 Å². The molecule has 0 fully saturated rings. The zero-order chi connectivity index (χ0) is 17.3. The highest BCUT2D eigenvalue weighted by molar-refractivity contribution is 9.12. The third-order valence-electron chi connectivity index (χ3n) is 4.37. The van der Waals surface area contributed by atoms with Crippen LogP contribution in [0.4, 0.5) is 0 Å². The summed E-state index contributed by atoms with van der Waals surface area (Å²) < 4.78 is 11.6. The third-order valence-corrected chi connectivity index (χ3v) is 11.7. The minimum atomic E-state index is -1.91. The summed E-state index contributed by atoms with van der Waals surface area (Å²) in [7, 11) is -1.91. The standard InChI is InChI=1S/C15H26Br2O4Si/c1-9(18)21-14-10(7-11(19)12(16)13(14)17)8-20-22(5,6)15(2,3)4/h7,11-14,19H,8H2,1-6H3/t11-,12+,13-,14-/m0/s1. The van der Waals surface area contributed by atoms with Crippen LogP contribution in [-0.2, 0) is 14.0 Å². The van der Waals surface area contributed by atoms with Crippen molar-refractivity contribution in [3.8, 4) is 0 Å². The quantitative estimate of drug-likeness (QED) is 0.302. The number of aliphatic hydroxyl groups is 1. The van der Waals surface area contributed by atoms with Gasteiger partial charge in [-0.05, 0) is 29.8 Å². The van der Waals surface area contributed by atoms with E-state index in [1.165, 1.54) is 6.92 Å². The molecule has 0 heterocycles. The maximum Gasteiger partial charge on any atom is 0.303 e. The second-order valence-electron chi connectivity index (χ2n) is 7.20. The molecule has 0 amide bonds. The topological polar surface area (TPSA) is 55.8 Å². The van der Waals surface area contributed by atoms with E-state index in [1.807, 2.05) is 0 Å². The third kappa shape index (κ3) is 4.90. The molecule has 0 spiro atoms. The molecule has 1 aliphatic rings. The Morgan fingerprint density at radius 1 is 1.32 bits per heavy atom. The molecule has 1 rings (SSSR count). The average molecular weight is 458 g/mol. The first kappa shape index (κ1) is 20.4. The van der Waals surface area contributed by atoms with Gasteiger partial charge in [0.2, 0.25) is 0 Å². The first-order chi connectivity index (χ1) is 9.86. The van der Waals surface area contributed by atoms with E-state index >= 15 is 0 Å². The maximum absolute atomic E-state index is 11.4. The van der Waals surface area contributed by atoms with Gasteiger partial charge in [0.25, 0.3) is 0 Å². The lowest BCUT2D eigenvalue weighted by Gasteiger charge is -2.39. The van der Waals surface area contributed by atoms with Crippen LogP contribution in [0, 0.1) is 0 Å². The van der Waals surface area contributed by atoms with Gasteiger partial charge in [-0.2, -0.15) is 0 Å². The molecule has 0 saturated heterocycles. The molecule has 0 aliphatic heterocycles. The number of alkyl halides is 2. The monoisotopic (exact) mass is 456 g/mol. The van der Waals surface area contributed by atoms with E-state index in [0.717, 1.165) is 5.57 Å². The van der Waals surface area contributed by atoms with Gasteiger partial charge in [-0.1, -0.05) is 52.6 Å². The molecule has 1 aliphatic carbocycles. The van der Waals surface area contributed by atoms with Crippen LogP contribution in [0.3, 0.4) is 0 Å². The summed E-state index contributed by atoms with van der Waals surface area (Å²) in [5.41, 5.74) is 0.810. The molecule has 0 radical (unpaired) electrons. The van der Waals surface area contributed by atoms with Crippen LogP contribution >= 0.6 is 31.9 Å². The van der Waals surface area contributed by atoms with Gasteiger partial charge in [0, 0.05) is 6.92 Å². The molecule has 4 nitrogen and oxygen atoms in total. The van der Waals surface area contributed by atoms with Gasteiger partial charge in [-0.25, -0.2) is 0 Å². The predicted octanol–water partition coefficient (Wildman–Crippen LogP) is 3.77. The van der Waals surface area contributed by atoms with Crippen molar-refractivity contribution >= 4 is 46.1 Å². The van der Waals surface area contributed by atoms with Crippen LogP contribution in [-0.4, -0.2) is 47.9 Å². The Morgan fingerprint density at radius 2 is 1.86 bits per heavy atom. The van der Waals surface area contributed by atoms with Gasteiger partial charge in [-0.3, -0.25) is 4.79 Å². The minimum Gasteiger partial charge on any atom is -0.457 e. The Bertz CT molecular complexity index is 445. The van der Waals surface area contributed by atoms with Crippen LogP contribution in [0.2, 0.25) is 18.1 Å². The minimum absolute atomic E-state index is 0.101. The summed E-state index contributed by atoms with van der Waals surface area (Å²) in [5.74, 6) is -0.344. The summed E-state index contributed by atoms with van der Waals surface area (Å²) >= 11 is 6.95. The van der Waals surface area contributed by atoms with Gasteiger partial charge in [0.15, 0.2) is 8.32 Å². The molecular formula is C15H26Br2O4Si. The molecule has 0 saturated carbocycles. The van der Waals surface area contributed by atoms with Gasteiger partial charge in [0.1, 0.15) is 6.10 Å². The Balaban J connectivity index is 2.93. The fourth-order valence-electron chi connectivity index (χ4n) is 1.90. The zero-order valence-corrected chi connectivity index (χ0v) is 18.2. The van der Waals surface area contributed by atoms with Crippen LogP contribution in [0.15, 0.2) is 11.6 Å². The number of esters is 1. The second-order valence-corrected chi connectivity index (χ2v) is 14.1. The van der Waals surface area contributed by atoms with Crippen molar-refractivity contribution in [2.45, 2.75) is 67.7 Å². The number of ether oxygens (including phenoxy) is 1. The Morgan fingerprint density at radius 3 is 2.32 bits per heavy atom. The van der Waals surface area contributed by atoms with E-state index < -0.39 is 20.5 Å². The highest BCUT2D eigenvalue weighted by atomic mass is 79.9. The summed E-state index contributed by atoms with van der Waals surface area (Å²) in [5, 5.41) is 10.2. The fraction of sp³-hybridized carbons (Fsp3) is 0.800. The van der Waals surface area contributed by atoms with Crippen molar-refractivity contribution in [3.05, 3.63) is 11.6 Å². The van der Waals surface area contributed by atoms with Crippen LogP contribution < -0.4 is 0 Å². The number of aliphatic hydroxyl groups excluding tert-OH is 1. The Hall–Kier alpha value is 0.307. The molecule has 128 valence electrons. The van der Waals surface area contributed by atoms with Crippen molar-refractivity contribution in [2.75, 3.05) is 6.61 Å². The van der Waals surface area contributed by atoms with Crippen molar-refractivity contribution in [2.24, 2.45) is 0 Å². The van der Waals surface area contributed by atoms with E-state index in [1.54, 1.807) is 6.08 Å². The number of carbonyl (C=O) groups excluding carboxylic acids is 1. The number of carbonyl (C=O) groups is 1. The van der Waals surface area contributed by atoms with Gasteiger partial charge in [-0.15, -0.1) is 0 Å². The number of rotatable bonds is 4. The first-order valence-corrected chi connectivity index (χ1v) is 12.1. The smallest absolute Gasteiger partial charge is 0.303 e. The van der Waals surface area contributed by atoms with E-state index in [9.17, 15) is 9.90 Å². The SMILES string of the molecule is CC(=O)O[C@H]1C(CO[Si](C)(C)C(C)(C)C)=C[C@H](O)[C@@H](Br)[C@@H]1Br. The summed E-state index contributed by atoms with van der Waals surface area (Å²) in [4.78, 5) is 11.0. The Kier molecular flexibility index (Phi) is 6.91. The maximum atomic E-state index is 11.4. The van der Waals surface area contributed by atoms with Crippen molar-refractivity contribution in [1.82, 2.24) is 0 Å². The van der Waals surface area contributed by atoms with Crippen LogP contribution in [0.5, 0.6) is 0 Å². The number of halogens is 2. The highest BCUT2D eigenvalue weighted by Gasteiger charge is 2.41. The van der Waals surface area contributed by atoms with Crippen LogP contribution in [0.25, 0.3) is 0 Å². The lowest BCUT2D eigenvalue weighted by molar-refractivity contribution is -0.145. The summed E-state index contributed by atoms with van der Waals surface area (Å²) in [6, 6.07) is 0. The molecule has 0 aromatic heterocycles. The lowest BCUT2D eigenvalue weighted by atomic mass is 9.94. The number of hydrogen-bond donors (Lipinski definition) is 1. The van der Waals surface area contributed by atoms with Crippen molar-refractivity contribution in [1.29, 1.82) is 0 Å². The molecule has 0 unspecified atom stereocenters. The molecule has 1 N–H and O–H groups in total. The van der Waals surface area contributed by atoms with Crippen molar-refractivity contribution in [3.63, 3.8) is 0 Å². The molecular weight excluding hydrogens is 432 g/mol. The second kappa shape index (κ2) is 7.47. The van der Waals surface area contributed by atoms with E-state index in [4.69, 9.17) is 9.16 Å². The molecule has 0 aromatic carbocycles. The average Bonchev–Trinajstić information content (AvgIpc) is 2.36.